The van der Waals surface area contributed by atoms with Crippen LogP contribution in [0.5, 0.6) is 0 Å². The lowest BCUT2D eigenvalue weighted by Crippen LogP contribution is -2.10. The van der Waals surface area contributed by atoms with E-state index in [0.29, 0.717) is 0 Å². The normalized spacial score (nSPS) is 11.3. The average Bonchev–Trinajstić information content (AvgIpc) is 3.25. The Morgan fingerprint density at radius 3 is 1.41 bits per heavy atom. The Morgan fingerprint density at radius 2 is 0.741 bits per heavy atom. The summed E-state index contributed by atoms with van der Waals surface area (Å²) in [5.74, 6) is 0. The van der Waals surface area contributed by atoms with Crippen LogP contribution in [0.4, 0.5) is 34.1 Å². The molecule has 0 saturated carbocycles. The molecule has 256 valence electrons. The molecule has 0 aliphatic rings. The quantitative estimate of drug-likeness (QED) is 0.139. The third kappa shape index (κ3) is 6.77. The lowest BCUT2D eigenvalue weighted by molar-refractivity contribution is 1.29. The van der Waals surface area contributed by atoms with Crippen LogP contribution in [0, 0.1) is 0 Å². The van der Waals surface area contributed by atoms with E-state index in [4.69, 9.17) is 0 Å². The van der Waals surface area contributed by atoms with E-state index in [-0.39, 0.29) is 0 Å². The highest BCUT2D eigenvalue weighted by atomic mass is 15.1. The first-order chi connectivity index (χ1) is 26.8. The number of fused-ring (bicyclic) bond motifs is 2. The zero-order valence-electron chi connectivity index (χ0n) is 29.8. The molecule has 0 heterocycles. The molecule has 9 aromatic rings. The molecule has 2 heteroatoms. The van der Waals surface area contributed by atoms with Gasteiger partial charge in [0.15, 0.2) is 0 Å². The summed E-state index contributed by atoms with van der Waals surface area (Å²) in [6, 6.07) is 77.9. The van der Waals surface area contributed by atoms with Crippen LogP contribution in [-0.4, -0.2) is 0 Å². The second-order valence-electron chi connectivity index (χ2n) is 13.5. The first-order valence-corrected chi connectivity index (χ1v) is 18.4. The second-order valence-corrected chi connectivity index (χ2v) is 13.5. The van der Waals surface area contributed by atoms with E-state index in [1.54, 1.807) is 0 Å². The average molecular weight is 691 g/mol. The van der Waals surface area contributed by atoms with Crippen molar-refractivity contribution < 1.29 is 0 Å². The number of rotatable bonds is 9. The van der Waals surface area contributed by atoms with Gasteiger partial charge in [0.2, 0.25) is 0 Å². The van der Waals surface area contributed by atoms with E-state index in [1.807, 2.05) is 0 Å². The van der Waals surface area contributed by atoms with E-state index < -0.39 is 0 Å². The highest BCUT2D eigenvalue weighted by Crippen LogP contribution is 2.40. The monoisotopic (exact) mass is 690 g/mol. The van der Waals surface area contributed by atoms with Crippen molar-refractivity contribution in [2.24, 2.45) is 0 Å². The summed E-state index contributed by atoms with van der Waals surface area (Å²) in [4.78, 5) is 4.67. The van der Waals surface area contributed by atoms with Crippen molar-refractivity contribution in [3.05, 3.63) is 230 Å². The molecule has 0 atom stereocenters. The zero-order chi connectivity index (χ0) is 36.1. The predicted molar refractivity (Wildman–Crippen MR) is 232 cm³/mol. The summed E-state index contributed by atoms with van der Waals surface area (Å²) in [6.45, 7) is 0. The number of nitrogens with zero attached hydrogens (tertiary/aromatic N) is 2. The summed E-state index contributed by atoms with van der Waals surface area (Å²) < 4.78 is 0. The molecule has 0 N–H and O–H groups in total. The van der Waals surface area contributed by atoms with E-state index >= 15 is 0 Å². The maximum absolute atomic E-state index is 2.36. The molecule has 0 unspecified atom stereocenters. The molecule has 0 radical (unpaired) electrons. The van der Waals surface area contributed by atoms with Gasteiger partial charge >= 0.3 is 0 Å². The van der Waals surface area contributed by atoms with Crippen molar-refractivity contribution >= 4 is 67.8 Å². The molecule has 0 bridgehead atoms. The molecular formula is C52H38N2. The SMILES string of the molecule is C(=Cc1ccc(N(c2ccc(-c3ccccc3)cc2)c2cccc3ccccc23)cc1)c1ccc(N(c2ccccc2)c2ccc3ccccc3c2)cc1. The zero-order valence-corrected chi connectivity index (χ0v) is 29.8. The minimum absolute atomic E-state index is 1.11. The molecule has 2 nitrogen and oxygen atoms in total. The summed E-state index contributed by atoms with van der Waals surface area (Å²) in [6.07, 6.45) is 4.38. The fourth-order valence-corrected chi connectivity index (χ4v) is 7.27. The van der Waals surface area contributed by atoms with Gasteiger partial charge in [-0.2, -0.15) is 0 Å². The van der Waals surface area contributed by atoms with Crippen molar-refractivity contribution in [1.29, 1.82) is 0 Å². The van der Waals surface area contributed by atoms with Crippen LogP contribution in [0.2, 0.25) is 0 Å². The number of hydrogen-bond acceptors (Lipinski definition) is 2. The number of para-hydroxylation sites is 1. The van der Waals surface area contributed by atoms with Crippen molar-refractivity contribution in [3.8, 4) is 11.1 Å². The van der Waals surface area contributed by atoms with Gasteiger partial charge in [0, 0.05) is 33.8 Å². The van der Waals surface area contributed by atoms with Crippen LogP contribution < -0.4 is 9.80 Å². The minimum Gasteiger partial charge on any atom is -0.310 e. The molecule has 0 aromatic heterocycles. The van der Waals surface area contributed by atoms with E-state index in [0.717, 1.165) is 45.3 Å². The van der Waals surface area contributed by atoms with Gasteiger partial charge in [0.05, 0.1) is 5.69 Å². The third-order valence-corrected chi connectivity index (χ3v) is 10.0. The van der Waals surface area contributed by atoms with Crippen LogP contribution in [-0.2, 0) is 0 Å². The highest BCUT2D eigenvalue weighted by molar-refractivity contribution is 5.99. The van der Waals surface area contributed by atoms with Gasteiger partial charge in [-0.05, 0) is 105 Å². The lowest BCUT2D eigenvalue weighted by Gasteiger charge is -2.27. The smallest absolute Gasteiger partial charge is 0.0540 e. The van der Waals surface area contributed by atoms with Crippen molar-refractivity contribution in [2.75, 3.05) is 9.80 Å². The molecule has 0 aliphatic heterocycles. The molecule has 9 aromatic carbocycles. The fraction of sp³-hybridized carbons (Fsp3) is 0. The van der Waals surface area contributed by atoms with Gasteiger partial charge in [-0.15, -0.1) is 0 Å². The molecule has 0 saturated heterocycles. The summed E-state index contributed by atoms with van der Waals surface area (Å²) in [7, 11) is 0. The first kappa shape index (κ1) is 32.7. The molecule has 0 fully saturated rings. The maximum Gasteiger partial charge on any atom is 0.0540 e. The molecular weight excluding hydrogens is 653 g/mol. The van der Waals surface area contributed by atoms with Gasteiger partial charge in [0.25, 0.3) is 0 Å². The maximum atomic E-state index is 2.36. The molecule has 0 aliphatic carbocycles. The fourth-order valence-electron chi connectivity index (χ4n) is 7.27. The lowest BCUT2D eigenvalue weighted by atomic mass is 10.0. The van der Waals surface area contributed by atoms with Crippen LogP contribution in [0.3, 0.4) is 0 Å². The van der Waals surface area contributed by atoms with Gasteiger partial charge in [0.1, 0.15) is 0 Å². The van der Waals surface area contributed by atoms with Crippen LogP contribution >= 0.6 is 0 Å². The molecule has 9 rings (SSSR count). The summed E-state index contributed by atoms with van der Waals surface area (Å²) in [5, 5.41) is 4.89. The van der Waals surface area contributed by atoms with Crippen molar-refractivity contribution in [3.63, 3.8) is 0 Å². The number of hydrogen-bond donors (Lipinski definition) is 0. The summed E-state index contributed by atoms with van der Waals surface area (Å²) >= 11 is 0. The third-order valence-electron chi connectivity index (χ3n) is 10.0. The Kier molecular flexibility index (Phi) is 8.99. The Morgan fingerprint density at radius 1 is 0.278 bits per heavy atom. The largest absolute Gasteiger partial charge is 0.310 e. The number of benzene rings is 9. The van der Waals surface area contributed by atoms with Crippen LogP contribution in [0.1, 0.15) is 11.1 Å². The predicted octanol–water partition coefficient (Wildman–Crippen LogP) is 14.8. The van der Waals surface area contributed by atoms with Gasteiger partial charge in [-0.1, -0.05) is 164 Å². The Labute approximate surface area is 317 Å². The van der Waals surface area contributed by atoms with Crippen LogP contribution in [0.15, 0.2) is 218 Å². The number of anilines is 6. The van der Waals surface area contributed by atoms with Crippen molar-refractivity contribution in [2.45, 2.75) is 0 Å². The van der Waals surface area contributed by atoms with Gasteiger partial charge in [-0.25, -0.2) is 0 Å². The highest BCUT2D eigenvalue weighted by Gasteiger charge is 2.16. The molecule has 0 spiro atoms. The Hall–Kier alpha value is -7.16. The topological polar surface area (TPSA) is 6.48 Å². The van der Waals surface area contributed by atoms with Crippen LogP contribution in [0.25, 0.3) is 44.8 Å². The van der Waals surface area contributed by atoms with Crippen molar-refractivity contribution in [1.82, 2.24) is 0 Å². The standard InChI is InChI=1S/C52H38N2/c1-3-12-41(13-4-1)43-28-35-49(36-29-43)54(52-21-11-17-44-15-9-10-20-51(44)52)48-33-26-40(27-34-48)23-22-39-24-31-47(32-25-39)53(46-18-5-2-6-19-46)50-37-30-42-14-7-8-16-45(42)38-50/h1-38H. The van der Waals surface area contributed by atoms with E-state index in [2.05, 4.69) is 240 Å². The van der Waals surface area contributed by atoms with E-state index in [9.17, 15) is 0 Å². The molecule has 0 amide bonds. The second kappa shape index (κ2) is 14.8. The first-order valence-electron chi connectivity index (χ1n) is 18.4. The van der Waals surface area contributed by atoms with E-state index in [1.165, 1.54) is 32.7 Å². The Balaban J connectivity index is 0.999. The molecule has 54 heavy (non-hydrogen) atoms. The Bertz CT molecular complexity index is 2670. The minimum atomic E-state index is 1.11. The van der Waals surface area contributed by atoms with Gasteiger partial charge in [-0.3, -0.25) is 0 Å². The van der Waals surface area contributed by atoms with Gasteiger partial charge < -0.3 is 9.80 Å². The summed E-state index contributed by atoms with van der Waals surface area (Å²) in [5.41, 5.74) is 11.4.